The van der Waals surface area contributed by atoms with Crippen molar-refractivity contribution in [2.75, 3.05) is 11.1 Å². The van der Waals surface area contributed by atoms with Crippen molar-refractivity contribution in [2.24, 2.45) is 0 Å². The van der Waals surface area contributed by atoms with Gasteiger partial charge in [0.05, 0.1) is 11.4 Å². The molecule has 0 aliphatic carbocycles. The van der Waals surface area contributed by atoms with Gasteiger partial charge in [-0.2, -0.15) is 0 Å². The van der Waals surface area contributed by atoms with Gasteiger partial charge in [-0.15, -0.1) is 0 Å². The van der Waals surface area contributed by atoms with Crippen molar-refractivity contribution in [1.29, 1.82) is 0 Å². The Bertz CT molecular complexity index is 1130. The van der Waals surface area contributed by atoms with E-state index >= 15 is 0 Å². The molecule has 0 fully saturated rings. The fourth-order valence-electron chi connectivity index (χ4n) is 3.29. The summed E-state index contributed by atoms with van der Waals surface area (Å²) in [6.45, 7) is 6.72. The Morgan fingerprint density at radius 1 is 1.00 bits per heavy atom. The number of nitrogens with one attached hydrogen (secondary N) is 1. The minimum Gasteiger partial charge on any atom is -0.488 e. The monoisotopic (exact) mass is 426 g/mol. The number of allylic oxidation sites excluding steroid dienone is 2. The van der Waals surface area contributed by atoms with Crippen LogP contribution in [0.25, 0.3) is 6.08 Å². The number of carbonyl (C=O) groups excluding carboxylic acids is 1. The van der Waals surface area contributed by atoms with Crippen LogP contribution in [0.5, 0.6) is 5.75 Å². The van der Waals surface area contributed by atoms with Crippen molar-refractivity contribution < 1.29 is 9.53 Å². The summed E-state index contributed by atoms with van der Waals surface area (Å²) < 4.78 is 6.30. The summed E-state index contributed by atoms with van der Waals surface area (Å²) in [7, 11) is 0. The number of aryl methyl sites for hydroxylation is 1. The van der Waals surface area contributed by atoms with Gasteiger partial charge in [0.25, 0.3) is 0 Å². The number of benzene rings is 3. The molecule has 0 atom stereocenters. The maximum Gasteiger partial charge on any atom is 0.248 e. The molecule has 3 aromatic rings. The molecule has 0 spiro atoms. The molecule has 0 heterocycles. The Morgan fingerprint density at radius 2 is 1.72 bits per heavy atom. The maximum atomic E-state index is 12.5. The normalized spacial score (nSPS) is 10.7. The van der Waals surface area contributed by atoms with Gasteiger partial charge < -0.3 is 15.8 Å². The van der Waals surface area contributed by atoms with E-state index in [0.717, 1.165) is 34.4 Å². The zero-order valence-corrected chi connectivity index (χ0v) is 18.9. The lowest BCUT2D eigenvalue weighted by molar-refractivity contribution is -0.111. The van der Waals surface area contributed by atoms with Gasteiger partial charge >= 0.3 is 0 Å². The van der Waals surface area contributed by atoms with Crippen molar-refractivity contribution in [1.82, 2.24) is 0 Å². The van der Waals surface area contributed by atoms with Crippen LogP contribution in [-0.2, 0) is 17.8 Å². The van der Waals surface area contributed by atoms with Gasteiger partial charge in [0, 0.05) is 17.2 Å². The number of hydrogen-bond donors (Lipinski definition) is 2. The molecule has 3 N–H and O–H groups in total. The second-order valence-electron chi connectivity index (χ2n) is 7.95. The van der Waals surface area contributed by atoms with Crippen LogP contribution in [0.4, 0.5) is 11.4 Å². The highest BCUT2D eigenvalue weighted by atomic mass is 16.5. The number of ether oxygens (including phenoxy) is 1. The predicted molar refractivity (Wildman–Crippen MR) is 134 cm³/mol. The minimum absolute atomic E-state index is 0.247. The van der Waals surface area contributed by atoms with Crippen LogP contribution in [0.15, 0.2) is 84.5 Å². The first-order valence-electron chi connectivity index (χ1n) is 10.7. The summed E-state index contributed by atoms with van der Waals surface area (Å²) in [6, 6.07) is 21.3. The molecule has 0 unspecified atom stereocenters. The summed E-state index contributed by atoms with van der Waals surface area (Å²) in [5, 5.41) is 2.82. The molecule has 1 amide bonds. The van der Waals surface area contributed by atoms with Gasteiger partial charge in [-0.25, -0.2) is 0 Å². The Balaban J connectivity index is 1.88. The quantitative estimate of drug-likeness (QED) is 0.252. The zero-order chi connectivity index (χ0) is 22.9. The van der Waals surface area contributed by atoms with E-state index in [4.69, 9.17) is 10.5 Å². The van der Waals surface area contributed by atoms with Gasteiger partial charge in [0.1, 0.15) is 12.4 Å². The molecule has 0 radical (unpaired) electrons. The first kappa shape index (κ1) is 22.9. The SMILES string of the molecule is CC(C)=CCc1c(C)ccc(/C=C/C(=O)Nc2ccccc2N)c1OCc1ccccc1. The van der Waals surface area contributed by atoms with E-state index in [2.05, 4.69) is 38.2 Å². The molecular formula is C28H30N2O2. The molecule has 0 aliphatic heterocycles. The third-order valence-corrected chi connectivity index (χ3v) is 5.10. The minimum atomic E-state index is -0.247. The molecule has 3 rings (SSSR count). The highest BCUT2D eigenvalue weighted by molar-refractivity contribution is 6.03. The number of carbonyl (C=O) groups is 1. The first-order valence-corrected chi connectivity index (χ1v) is 10.7. The Morgan fingerprint density at radius 3 is 2.44 bits per heavy atom. The molecule has 0 saturated heterocycles. The molecule has 0 aliphatic rings. The number of nitrogens with two attached hydrogens (primary N) is 1. The van der Waals surface area contributed by atoms with Gasteiger partial charge in [-0.3, -0.25) is 4.79 Å². The third-order valence-electron chi connectivity index (χ3n) is 5.10. The van der Waals surface area contributed by atoms with Crippen molar-refractivity contribution >= 4 is 23.4 Å². The zero-order valence-electron chi connectivity index (χ0n) is 18.9. The number of anilines is 2. The molecular weight excluding hydrogens is 396 g/mol. The fourth-order valence-corrected chi connectivity index (χ4v) is 3.29. The number of rotatable bonds is 8. The van der Waals surface area contributed by atoms with Crippen molar-refractivity contribution in [3.63, 3.8) is 0 Å². The topological polar surface area (TPSA) is 64.4 Å². The van der Waals surface area contributed by atoms with Crippen LogP contribution in [-0.4, -0.2) is 5.91 Å². The smallest absolute Gasteiger partial charge is 0.248 e. The van der Waals surface area contributed by atoms with E-state index in [9.17, 15) is 4.79 Å². The molecule has 0 saturated carbocycles. The average Bonchev–Trinajstić information content (AvgIpc) is 2.78. The van der Waals surface area contributed by atoms with Gasteiger partial charge in [-0.1, -0.05) is 66.2 Å². The summed E-state index contributed by atoms with van der Waals surface area (Å²) >= 11 is 0. The van der Waals surface area contributed by atoms with Crippen LogP contribution in [0.1, 0.15) is 36.1 Å². The van der Waals surface area contributed by atoms with E-state index in [1.807, 2.05) is 48.5 Å². The Kier molecular flexibility index (Phi) is 7.87. The Labute approximate surface area is 190 Å². The van der Waals surface area contributed by atoms with E-state index in [-0.39, 0.29) is 5.91 Å². The predicted octanol–water partition coefficient (Wildman–Crippen LogP) is 6.32. The number of para-hydroxylation sites is 2. The molecule has 3 aromatic carbocycles. The summed E-state index contributed by atoms with van der Waals surface area (Å²) in [5.74, 6) is 0.554. The fraction of sp³-hybridized carbons (Fsp3) is 0.179. The standard InChI is InChI=1S/C28H30N2O2/c1-20(2)13-17-24-21(3)14-15-23(28(24)32-19-22-9-5-4-6-10-22)16-18-27(31)30-26-12-8-7-11-25(26)29/h4-16,18H,17,19,29H2,1-3H3,(H,30,31)/b18-16+. The molecule has 164 valence electrons. The molecule has 4 heteroatoms. The van der Waals surface area contributed by atoms with Crippen LogP contribution >= 0.6 is 0 Å². The lowest BCUT2D eigenvalue weighted by Crippen LogP contribution is -2.09. The molecule has 4 nitrogen and oxygen atoms in total. The first-order chi connectivity index (χ1) is 15.4. The van der Waals surface area contributed by atoms with Crippen LogP contribution in [0.3, 0.4) is 0 Å². The summed E-state index contributed by atoms with van der Waals surface area (Å²) in [6.07, 6.45) is 6.26. The summed E-state index contributed by atoms with van der Waals surface area (Å²) in [4.78, 5) is 12.5. The van der Waals surface area contributed by atoms with Gasteiger partial charge in [-0.05, 0) is 56.5 Å². The second-order valence-corrected chi connectivity index (χ2v) is 7.95. The largest absolute Gasteiger partial charge is 0.488 e. The van der Waals surface area contributed by atoms with Crippen LogP contribution < -0.4 is 15.8 Å². The van der Waals surface area contributed by atoms with Gasteiger partial charge in [0.2, 0.25) is 5.91 Å². The van der Waals surface area contributed by atoms with E-state index < -0.39 is 0 Å². The number of hydrogen-bond acceptors (Lipinski definition) is 3. The van der Waals surface area contributed by atoms with Gasteiger partial charge in [0.15, 0.2) is 0 Å². The van der Waals surface area contributed by atoms with Crippen molar-refractivity contribution in [3.8, 4) is 5.75 Å². The van der Waals surface area contributed by atoms with Crippen molar-refractivity contribution in [3.05, 3.63) is 107 Å². The van der Waals surface area contributed by atoms with Crippen molar-refractivity contribution in [2.45, 2.75) is 33.8 Å². The van der Waals surface area contributed by atoms with E-state index in [0.29, 0.717) is 18.0 Å². The third kappa shape index (κ3) is 6.35. The van der Waals surface area contributed by atoms with Crippen LogP contribution in [0.2, 0.25) is 0 Å². The molecule has 0 aromatic heterocycles. The highest BCUT2D eigenvalue weighted by Crippen LogP contribution is 2.30. The number of amides is 1. The molecule has 32 heavy (non-hydrogen) atoms. The summed E-state index contributed by atoms with van der Waals surface area (Å²) in [5.41, 5.74) is 12.5. The second kappa shape index (κ2) is 11.0. The Hall–Kier alpha value is -3.79. The van der Waals surface area contributed by atoms with E-state index in [1.165, 1.54) is 11.6 Å². The lowest BCUT2D eigenvalue weighted by Gasteiger charge is -2.16. The maximum absolute atomic E-state index is 12.5. The highest BCUT2D eigenvalue weighted by Gasteiger charge is 2.12. The molecule has 0 bridgehead atoms. The van der Waals surface area contributed by atoms with Crippen LogP contribution in [0, 0.1) is 6.92 Å². The number of nitrogen functional groups attached to an aromatic ring is 1. The lowest BCUT2D eigenvalue weighted by atomic mass is 9.99. The average molecular weight is 427 g/mol. The van der Waals surface area contributed by atoms with E-state index in [1.54, 1.807) is 18.2 Å².